The molecule has 1 atom stereocenters. The molecule has 0 aliphatic heterocycles. The summed E-state index contributed by atoms with van der Waals surface area (Å²) < 4.78 is 4.67. The lowest BCUT2D eigenvalue weighted by Gasteiger charge is -1.98. The van der Waals surface area contributed by atoms with E-state index in [2.05, 4.69) is 9.40 Å². The summed E-state index contributed by atoms with van der Waals surface area (Å²) in [5, 5.41) is 17.2. The molecule has 50 valence electrons. The summed E-state index contributed by atoms with van der Waals surface area (Å²) in [5.41, 5.74) is 0. The number of aromatic nitrogens is 1. The average molecular weight is 129 g/mol. The minimum atomic E-state index is -0.938. The van der Waals surface area contributed by atoms with Crippen molar-refractivity contribution in [3.05, 3.63) is 18.4 Å². The Kier molecular flexibility index (Phi) is 1.81. The van der Waals surface area contributed by atoms with Crippen LogP contribution >= 0.6 is 0 Å². The Labute approximate surface area is 51.8 Å². The topological polar surface area (TPSA) is 66.5 Å². The molecule has 0 aromatic carbocycles. The fourth-order valence-electron chi connectivity index (χ4n) is 0.480. The van der Waals surface area contributed by atoms with E-state index >= 15 is 0 Å². The summed E-state index contributed by atoms with van der Waals surface area (Å²) in [6, 6.07) is 0. The molecule has 9 heavy (non-hydrogen) atoms. The van der Waals surface area contributed by atoms with Crippen LogP contribution in [0.5, 0.6) is 0 Å². The Morgan fingerprint density at radius 2 is 2.56 bits per heavy atom. The number of rotatable bonds is 2. The number of hydrogen-bond acceptors (Lipinski definition) is 4. The third-order valence-electron chi connectivity index (χ3n) is 0.953. The zero-order valence-electron chi connectivity index (χ0n) is 4.69. The van der Waals surface area contributed by atoms with Gasteiger partial charge in [-0.1, -0.05) is 0 Å². The van der Waals surface area contributed by atoms with Gasteiger partial charge in [-0.25, -0.2) is 4.98 Å². The van der Waals surface area contributed by atoms with Crippen molar-refractivity contribution in [3.63, 3.8) is 0 Å². The molecule has 0 saturated carbocycles. The fraction of sp³-hybridized carbons (Fsp3) is 0.400. The first-order valence-electron chi connectivity index (χ1n) is 2.52. The average Bonchev–Trinajstić information content (AvgIpc) is 2.37. The van der Waals surface area contributed by atoms with E-state index < -0.39 is 6.10 Å². The highest BCUT2D eigenvalue weighted by Gasteiger charge is 2.07. The molecular weight excluding hydrogens is 122 g/mol. The molecule has 0 saturated heterocycles. The predicted octanol–water partition coefficient (Wildman–Crippen LogP) is -0.300. The molecule has 0 aliphatic carbocycles. The van der Waals surface area contributed by atoms with E-state index in [1.165, 1.54) is 12.6 Å². The molecule has 4 nitrogen and oxygen atoms in total. The van der Waals surface area contributed by atoms with Crippen LogP contribution < -0.4 is 0 Å². The van der Waals surface area contributed by atoms with E-state index in [-0.39, 0.29) is 12.4 Å². The molecule has 1 aromatic rings. The summed E-state index contributed by atoms with van der Waals surface area (Å²) >= 11 is 0. The van der Waals surface area contributed by atoms with Crippen LogP contribution in [0.3, 0.4) is 0 Å². The van der Waals surface area contributed by atoms with Crippen LogP contribution in [0.25, 0.3) is 0 Å². The number of oxazole rings is 1. The molecule has 0 aliphatic rings. The van der Waals surface area contributed by atoms with Crippen LogP contribution in [0.15, 0.2) is 17.0 Å². The second-order valence-corrected chi connectivity index (χ2v) is 1.60. The second kappa shape index (κ2) is 2.61. The Morgan fingerprint density at radius 3 is 3.00 bits per heavy atom. The van der Waals surface area contributed by atoms with Crippen LogP contribution in [0.2, 0.25) is 0 Å². The minimum Gasteiger partial charge on any atom is -0.446 e. The molecule has 4 heteroatoms. The molecular formula is C5H7NO3. The van der Waals surface area contributed by atoms with Crippen molar-refractivity contribution < 1.29 is 14.6 Å². The van der Waals surface area contributed by atoms with Gasteiger partial charge in [0, 0.05) is 0 Å². The van der Waals surface area contributed by atoms with Gasteiger partial charge in [0.15, 0.2) is 12.2 Å². The molecule has 0 unspecified atom stereocenters. The predicted molar refractivity (Wildman–Crippen MR) is 28.5 cm³/mol. The molecule has 0 fully saturated rings. The van der Waals surface area contributed by atoms with Gasteiger partial charge >= 0.3 is 0 Å². The van der Waals surface area contributed by atoms with Crippen LogP contribution in [0.4, 0.5) is 0 Å². The Balaban J connectivity index is 2.65. The largest absolute Gasteiger partial charge is 0.446 e. The Hall–Kier alpha value is -0.870. The van der Waals surface area contributed by atoms with Crippen molar-refractivity contribution in [1.82, 2.24) is 4.98 Å². The first-order chi connectivity index (χ1) is 4.34. The van der Waals surface area contributed by atoms with Gasteiger partial charge in [-0.05, 0) is 0 Å². The van der Waals surface area contributed by atoms with Gasteiger partial charge in [-0.2, -0.15) is 0 Å². The normalized spacial score (nSPS) is 13.6. The number of hydrogen-bond donors (Lipinski definition) is 2. The van der Waals surface area contributed by atoms with Crippen molar-refractivity contribution in [2.24, 2.45) is 0 Å². The lowest BCUT2D eigenvalue weighted by Crippen LogP contribution is -1.99. The monoisotopic (exact) mass is 129 g/mol. The second-order valence-electron chi connectivity index (χ2n) is 1.60. The van der Waals surface area contributed by atoms with Gasteiger partial charge in [-0.15, -0.1) is 0 Å². The Morgan fingerprint density at radius 1 is 1.78 bits per heavy atom. The third kappa shape index (κ3) is 1.28. The number of aliphatic hydroxyl groups is 2. The molecule has 0 spiro atoms. The van der Waals surface area contributed by atoms with E-state index in [1.807, 2.05) is 0 Å². The number of nitrogens with zero attached hydrogens (tertiary/aromatic N) is 1. The summed E-state index contributed by atoms with van der Waals surface area (Å²) in [7, 11) is 0. The third-order valence-corrected chi connectivity index (χ3v) is 0.953. The standard InChI is InChI=1S/C5H7NO3/c7-2-4(8)5-1-6-3-9-5/h1,3-4,7-8H,2H2/t4-/m1/s1. The van der Waals surface area contributed by atoms with Crippen molar-refractivity contribution in [3.8, 4) is 0 Å². The van der Waals surface area contributed by atoms with Crippen LogP contribution in [-0.2, 0) is 0 Å². The Bertz CT molecular complexity index is 161. The molecule has 0 bridgehead atoms. The van der Waals surface area contributed by atoms with Crippen LogP contribution in [0.1, 0.15) is 11.9 Å². The summed E-state index contributed by atoms with van der Waals surface area (Å²) in [6.07, 6.45) is 1.63. The lowest BCUT2D eigenvalue weighted by atomic mass is 10.3. The van der Waals surface area contributed by atoms with Crippen LogP contribution in [0, 0.1) is 0 Å². The highest BCUT2D eigenvalue weighted by atomic mass is 16.4. The van der Waals surface area contributed by atoms with Gasteiger partial charge in [0.05, 0.1) is 12.8 Å². The number of aliphatic hydroxyl groups excluding tert-OH is 2. The lowest BCUT2D eigenvalue weighted by molar-refractivity contribution is 0.0776. The maximum Gasteiger partial charge on any atom is 0.180 e. The molecule has 1 heterocycles. The van der Waals surface area contributed by atoms with Gasteiger partial charge in [-0.3, -0.25) is 0 Å². The summed E-state index contributed by atoms with van der Waals surface area (Å²) in [6.45, 7) is -0.338. The van der Waals surface area contributed by atoms with E-state index in [4.69, 9.17) is 10.2 Å². The van der Waals surface area contributed by atoms with Gasteiger partial charge in [0.2, 0.25) is 0 Å². The zero-order chi connectivity index (χ0) is 6.69. The quantitative estimate of drug-likeness (QED) is 0.575. The van der Waals surface area contributed by atoms with Crippen molar-refractivity contribution in [2.75, 3.05) is 6.61 Å². The van der Waals surface area contributed by atoms with Crippen molar-refractivity contribution >= 4 is 0 Å². The smallest absolute Gasteiger partial charge is 0.180 e. The van der Waals surface area contributed by atoms with Crippen molar-refractivity contribution in [2.45, 2.75) is 6.10 Å². The van der Waals surface area contributed by atoms with E-state index in [1.54, 1.807) is 0 Å². The highest BCUT2D eigenvalue weighted by Crippen LogP contribution is 2.08. The molecule has 2 N–H and O–H groups in total. The first-order valence-corrected chi connectivity index (χ1v) is 2.52. The fourth-order valence-corrected chi connectivity index (χ4v) is 0.480. The van der Waals surface area contributed by atoms with E-state index in [9.17, 15) is 0 Å². The maximum atomic E-state index is 8.83. The first kappa shape index (κ1) is 6.25. The highest BCUT2D eigenvalue weighted by molar-refractivity contribution is 4.92. The summed E-state index contributed by atoms with van der Waals surface area (Å²) in [5.74, 6) is 0.289. The molecule has 0 radical (unpaired) electrons. The van der Waals surface area contributed by atoms with Gasteiger partial charge in [0.25, 0.3) is 0 Å². The van der Waals surface area contributed by atoms with Crippen LogP contribution in [-0.4, -0.2) is 21.8 Å². The van der Waals surface area contributed by atoms with Gasteiger partial charge < -0.3 is 14.6 Å². The molecule has 0 amide bonds. The SMILES string of the molecule is OC[C@@H](O)c1cnco1. The van der Waals surface area contributed by atoms with Crippen molar-refractivity contribution in [1.29, 1.82) is 0 Å². The van der Waals surface area contributed by atoms with E-state index in [0.717, 1.165) is 0 Å². The molecule has 1 rings (SSSR count). The maximum absolute atomic E-state index is 8.83. The summed E-state index contributed by atoms with van der Waals surface area (Å²) in [4.78, 5) is 3.55. The molecule has 1 aromatic heterocycles. The van der Waals surface area contributed by atoms with Gasteiger partial charge in [0.1, 0.15) is 6.10 Å². The minimum absolute atomic E-state index is 0.289. The zero-order valence-corrected chi connectivity index (χ0v) is 4.69. The van der Waals surface area contributed by atoms with E-state index in [0.29, 0.717) is 0 Å².